The van der Waals surface area contributed by atoms with Gasteiger partial charge >= 0.3 is 5.97 Å². The van der Waals surface area contributed by atoms with Crippen molar-refractivity contribution in [1.82, 2.24) is 9.88 Å². The number of amides is 1. The number of rotatable bonds is 6. The zero-order chi connectivity index (χ0) is 23.4. The van der Waals surface area contributed by atoms with Crippen LogP contribution in [0.15, 0.2) is 48.5 Å². The smallest absolute Gasteiger partial charge is 0.339 e. The first-order chi connectivity index (χ1) is 16.0. The summed E-state index contributed by atoms with van der Waals surface area (Å²) in [7, 11) is 3.13. The first-order valence-electron chi connectivity index (χ1n) is 10.7. The van der Waals surface area contributed by atoms with E-state index in [0.717, 1.165) is 5.56 Å². The summed E-state index contributed by atoms with van der Waals surface area (Å²) >= 11 is 0. The summed E-state index contributed by atoms with van der Waals surface area (Å²) in [6.07, 6.45) is -0.910. The number of hydrogen-bond donors (Lipinski definition) is 0. The van der Waals surface area contributed by atoms with Crippen molar-refractivity contribution in [2.75, 3.05) is 40.5 Å². The second kappa shape index (κ2) is 9.87. The van der Waals surface area contributed by atoms with E-state index in [1.165, 1.54) is 0 Å². The molecule has 4 rings (SSSR count). The minimum absolute atomic E-state index is 0.231. The summed E-state index contributed by atoms with van der Waals surface area (Å²) in [5, 5.41) is 0.651. The standard InChI is InChI=1S/C25H26N2O6/c1-16(24(28)27-10-12-32-13-11-27)33-25(29)19-15-21(26-20-7-5-4-6-18(19)20)17-8-9-22(30-2)23(14-17)31-3/h4-9,14-16H,10-13H2,1-3H3/t16-/m1/s1. The molecule has 0 saturated carbocycles. The van der Waals surface area contributed by atoms with E-state index in [0.29, 0.717) is 60.0 Å². The number of carbonyl (C=O) groups is 2. The molecular weight excluding hydrogens is 424 g/mol. The molecule has 2 aromatic carbocycles. The second-order valence-electron chi connectivity index (χ2n) is 7.63. The summed E-state index contributed by atoms with van der Waals surface area (Å²) < 4.78 is 21.6. The average molecular weight is 450 g/mol. The third kappa shape index (κ3) is 4.75. The normalized spacial score (nSPS) is 14.6. The highest BCUT2D eigenvalue weighted by Gasteiger charge is 2.26. The van der Waals surface area contributed by atoms with Crippen LogP contribution in [0.1, 0.15) is 17.3 Å². The summed E-state index contributed by atoms with van der Waals surface area (Å²) in [6.45, 7) is 3.53. The molecule has 0 bridgehead atoms. The van der Waals surface area contributed by atoms with E-state index in [4.69, 9.17) is 23.9 Å². The number of ether oxygens (including phenoxy) is 4. The molecule has 1 amide bonds. The topological polar surface area (TPSA) is 87.2 Å². The van der Waals surface area contributed by atoms with Gasteiger partial charge in [-0.05, 0) is 37.3 Å². The highest BCUT2D eigenvalue weighted by molar-refractivity contribution is 6.05. The van der Waals surface area contributed by atoms with E-state index >= 15 is 0 Å². The van der Waals surface area contributed by atoms with Crippen LogP contribution < -0.4 is 9.47 Å². The van der Waals surface area contributed by atoms with Gasteiger partial charge in [-0.25, -0.2) is 9.78 Å². The molecule has 0 unspecified atom stereocenters. The predicted molar refractivity (Wildman–Crippen MR) is 123 cm³/mol. The van der Waals surface area contributed by atoms with E-state index in [2.05, 4.69) is 0 Å². The fourth-order valence-electron chi connectivity index (χ4n) is 3.80. The molecule has 33 heavy (non-hydrogen) atoms. The van der Waals surface area contributed by atoms with Crippen LogP contribution in [0, 0.1) is 0 Å². The van der Waals surface area contributed by atoms with E-state index in [1.54, 1.807) is 44.2 Å². The Kier molecular flexibility index (Phi) is 6.74. The third-order valence-electron chi connectivity index (χ3n) is 5.57. The monoisotopic (exact) mass is 450 g/mol. The molecule has 8 nitrogen and oxygen atoms in total. The lowest BCUT2D eigenvalue weighted by Crippen LogP contribution is -2.46. The van der Waals surface area contributed by atoms with Crippen LogP contribution in [0.2, 0.25) is 0 Å². The Morgan fingerprint density at radius 1 is 1.00 bits per heavy atom. The number of fused-ring (bicyclic) bond motifs is 1. The SMILES string of the molecule is COc1ccc(-c2cc(C(=O)O[C@H](C)C(=O)N3CCOCC3)c3ccccc3n2)cc1OC. The van der Waals surface area contributed by atoms with Crippen LogP contribution in [-0.4, -0.2) is 68.4 Å². The van der Waals surface area contributed by atoms with E-state index < -0.39 is 12.1 Å². The van der Waals surface area contributed by atoms with Gasteiger partial charge in [-0.3, -0.25) is 4.79 Å². The second-order valence-corrected chi connectivity index (χ2v) is 7.63. The zero-order valence-electron chi connectivity index (χ0n) is 18.9. The molecule has 1 fully saturated rings. The minimum Gasteiger partial charge on any atom is -0.493 e. The number of carbonyl (C=O) groups excluding carboxylic acids is 2. The summed E-state index contributed by atoms with van der Waals surface area (Å²) in [5.74, 6) is 0.338. The van der Waals surface area contributed by atoms with Gasteiger partial charge in [0.05, 0.1) is 44.2 Å². The summed E-state index contributed by atoms with van der Waals surface area (Å²) in [5.41, 5.74) is 2.31. The third-order valence-corrected chi connectivity index (χ3v) is 5.57. The van der Waals surface area contributed by atoms with Crippen LogP contribution in [0.5, 0.6) is 11.5 Å². The van der Waals surface area contributed by atoms with Gasteiger partial charge in [-0.15, -0.1) is 0 Å². The van der Waals surface area contributed by atoms with Crippen molar-refractivity contribution in [3.8, 4) is 22.8 Å². The van der Waals surface area contributed by atoms with Crippen molar-refractivity contribution < 1.29 is 28.5 Å². The Balaban J connectivity index is 1.67. The predicted octanol–water partition coefficient (Wildman–Crippen LogP) is 3.32. The molecule has 1 aliphatic heterocycles. The number of benzene rings is 2. The maximum absolute atomic E-state index is 13.2. The molecule has 0 spiro atoms. The first-order valence-corrected chi connectivity index (χ1v) is 10.7. The fourth-order valence-corrected chi connectivity index (χ4v) is 3.80. The van der Waals surface area contributed by atoms with Gasteiger partial charge < -0.3 is 23.8 Å². The average Bonchev–Trinajstić information content (AvgIpc) is 2.87. The van der Waals surface area contributed by atoms with E-state index in [9.17, 15) is 9.59 Å². The summed E-state index contributed by atoms with van der Waals surface area (Å²) in [4.78, 5) is 32.2. The first kappa shape index (κ1) is 22.5. The Morgan fingerprint density at radius 2 is 1.73 bits per heavy atom. The van der Waals surface area contributed by atoms with Gasteiger partial charge in [0.1, 0.15) is 0 Å². The maximum atomic E-state index is 13.2. The molecule has 8 heteroatoms. The van der Waals surface area contributed by atoms with Crippen LogP contribution in [0.25, 0.3) is 22.2 Å². The Morgan fingerprint density at radius 3 is 2.45 bits per heavy atom. The number of methoxy groups -OCH3 is 2. The van der Waals surface area contributed by atoms with Crippen molar-refractivity contribution >= 4 is 22.8 Å². The van der Waals surface area contributed by atoms with Crippen molar-refractivity contribution in [3.05, 3.63) is 54.1 Å². The fraction of sp³-hybridized carbons (Fsp3) is 0.320. The number of nitrogens with zero attached hydrogens (tertiary/aromatic N) is 2. The maximum Gasteiger partial charge on any atom is 0.339 e. The van der Waals surface area contributed by atoms with Crippen LogP contribution in [0.3, 0.4) is 0 Å². The van der Waals surface area contributed by atoms with Gasteiger partial charge in [-0.2, -0.15) is 0 Å². The molecule has 0 radical (unpaired) electrons. The van der Waals surface area contributed by atoms with Gasteiger partial charge in [0.25, 0.3) is 5.91 Å². The lowest BCUT2D eigenvalue weighted by molar-refractivity contribution is -0.143. The highest BCUT2D eigenvalue weighted by atomic mass is 16.5. The number of morpholine rings is 1. The van der Waals surface area contributed by atoms with Gasteiger partial charge in [0.15, 0.2) is 17.6 Å². The van der Waals surface area contributed by atoms with Gasteiger partial charge in [0, 0.05) is 24.0 Å². The Labute approximate surface area is 192 Å². The molecule has 2 heterocycles. The minimum atomic E-state index is -0.910. The van der Waals surface area contributed by atoms with Crippen molar-refractivity contribution in [2.45, 2.75) is 13.0 Å². The van der Waals surface area contributed by atoms with Crippen molar-refractivity contribution in [3.63, 3.8) is 0 Å². The number of para-hydroxylation sites is 1. The van der Waals surface area contributed by atoms with Crippen LogP contribution in [-0.2, 0) is 14.3 Å². The van der Waals surface area contributed by atoms with Gasteiger partial charge in [-0.1, -0.05) is 18.2 Å². The zero-order valence-corrected chi connectivity index (χ0v) is 18.9. The molecule has 1 aromatic heterocycles. The molecule has 3 aromatic rings. The molecule has 1 aliphatic rings. The van der Waals surface area contributed by atoms with Gasteiger partial charge in [0.2, 0.25) is 0 Å². The number of aromatic nitrogens is 1. The Hall–Kier alpha value is -3.65. The molecule has 0 N–H and O–H groups in total. The van der Waals surface area contributed by atoms with Crippen molar-refractivity contribution in [1.29, 1.82) is 0 Å². The number of esters is 1. The van der Waals surface area contributed by atoms with Crippen LogP contribution in [0.4, 0.5) is 0 Å². The molecule has 0 aliphatic carbocycles. The number of pyridine rings is 1. The lowest BCUT2D eigenvalue weighted by atomic mass is 10.0. The van der Waals surface area contributed by atoms with E-state index in [1.807, 2.05) is 30.3 Å². The molecule has 172 valence electrons. The molecule has 1 saturated heterocycles. The van der Waals surface area contributed by atoms with E-state index in [-0.39, 0.29) is 5.91 Å². The van der Waals surface area contributed by atoms with Crippen molar-refractivity contribution in [2.24, 2.45) is 0 Å². The lowest BCUT2D eigenvalue weighted by Gasteiger charge is -2.29. The summed E-state index contributed by atoms with van der Waals surface area (Å²) in [6, 6.07) is 14.4. The highest BCUT2D eigenvalue weighted by Crippen LogP contribution is 2.33. The van der Waals surface area contributed by atoms with Crippen LogP contribution >= 0.6 is 0 Å². The largest absolute Gasteiger partial charge is 0.493 e. The number of hydrogen-bond acceptors (Lipinski definition) is 7. The molecular formula is C25H26N2O6. The Bertz CT molecular complexity index is 1170. The quantitative estimate of drug-likeness (QED) is 0.533. The molecule has 1 atom stereocenters.